The molecule has 0 saturated heterocycles. The lowest BCUT2D eigenvalue weighted by atomic mass is 9.72. The second-order valence-corrected chi connectivity index (χ2v) is 16.0. The molecular formula is C25H50O3Si. The maximum absolute atomic E-state index is 7.35. The quantitative estimate of drug-likeness (QED) is 0.137. The standard InChI is InChI=1S/C25H50O3Si/c1-19(2)29(20(3)4,21(5)6)28-24-22(16-14-18-25(24,7)8)15-12-11-13-17-23(26-9)27-10/h15,19-21,23-24H,11-14,16-18H2,1-10H3/b22-15-. The fraction of sp³-hybridized carbons (Fsp3) is 0.920. The molecule has 1 aliphatic rings. The van der Waals surface area contributed by atoms with E-state index in [1.807, 2.05) is 0 Å². The number of unbranched alkanes of at least 4 members (excludes halogenated alkanes) is 2. The highest BCUT2D eigenvalue weighted by molar-refractivity contribution is 6.77. The Morgan fingerprint density at radius 3 is 2.00 bits per heavy atom. The summed E-state index contributed by atoms with van der Waals surface area (Å²) in [6.07, 6.45) is 10.9. The van der Waals surface area contributed by atoms with Gasteiger partial charge < -0.3 is 13.9 Å². The minimum absolute atomic E-state index is 0.0675. The topological polar surface area (TPSA) is 27.7 Å². The molecule has 0 aromatic rings. The molecule has 1 unspecified atom stereocenters. The van der Waals surface area contributed by atoms with Gasteiger partial charge in [0, 0.05) is 14.2 Å². The highest BCUT2D eigenvalue weighted by atomic mass is 28.4. The van der Waals surface area contributed by atoms with Gasteiger partial charge in [-0.2, -0.15) is 0 Å². The summed E-state index contributed by atoms with van der Waals surface area (Å²) in [4.78, 5) is 0. The van der Waals surface area contributed by atoms with Gasteiger partial charge in [-0.05, 0) is 72.6 Å². The normalized spacial score (nSPS) is 21.9. The molecule has 1 atom stereocenters. The van der Waals surface area contributed by atoms with Gasteiger partial charge in [0.05, 0.1) is 6.10 Å². The second-order valence-electron chi connectivity index (χ2n) is 10.6. The van der Waals surface area contributed by atoms with Gasteiger partial charge in [-0.25, -0.2) is 0 Å². The Kier molecular flexibility index (Phi) is 11.1. The van der Waals surface area contributed by atoms with Crippen LogP contribution < -0.4 is 0 Å². The van der Waals surface area contributed by atoms with Crippen molar-refractivity contribution in [3.05, 3.63) is 11.6 Å². The van der Waals surface area contributed by atoms with Crippen LogP contribution in [0.1, 0.15) is 100 Å². The predicted octanol–water partition coefficient (Wildman–Crippen LogP) is 7.86. The largest absolute Gasteiger partial charge is 0.409 e. The summed E-state index contributed by atoms with van der Waals surface area (Å²) in [6.45, 7) is 19.2. The Morgan fingerprint density at radius 2 is 1.52 bits per heavy atom. The summed E-state index contributed by atoms with van der Waals surface area (Å²) in [5.74, 6) is 0. The fourth-order valence-electron chi connectivity index (χ4n) is 5.64. The molecule has 0 heterocycles. The molecule has 172 valence electrons. The van der Waals surface area contributed by atoms with Crippen molar-refractivity contribution < 1.29 is 13.9 Å². The fourth-order valence-corrected chi connectivity index (χ4v) is 11.3. The molecule has 0 amide bonds. The monoisotopic (exact) mass is 426 g/mol. The van der Waals surface area contributed by atoms with Crippen molar-refractivity contribution in [3.63, 3.8) is 0 Å². The zero-order valence-corrected chi connectivity index (χ0v) is 22.1. The van der Waals surface area contributed by atoms with Crippen molar-refractivity contribution in [3.8, 4) is 0 Å². The van der Waals surface area contributed by atoms with Crippen LogP contribution in [0.2, 0.25) is 16.6 Å². The molecule has 0 aromatic heterocycles. The Balaban J connectivity index is 2.96. The van der Waals surface area contributed by atoms with Gasteiger partial charge in [-0.3, -0.25) is 0 Å². The molecule has 1 saturated carbocycles. The maximum atomic E-state index is 7.35. The molecular weight excluding hydrogens is 376 g/mol. The Hall–Kier alpha value is -0.163. The second kappa shape index (κ2) is 12.0. The molecule has 1 fully saturated rings. The van der Waals surface area contributed by atoms with Gasteiger partial charge in [-0.15, -0.1) is 0 Å². The van der Waals surface area contributed by atoms with Crippen LogP contribution in [0.5, 0.6) is 0 Å². The third-order valence-corrected chi connectivity index (χ3v) is 13.2. The highest BCUT2D eigenvalue weighted by Gasteiger charge is 2.50. The molecule has 0 bridgehead atoms. The minimum Gasteiger partial charge on any atom is -0.409 e. The van der Waals surface area contributed by atoms with E-state index in [2.05, 4.69) is 61.5 Å². The van der Waals surface area contributed by atoms with E-state index in [1.54, 1.807) is 19.8 Å². The first-order valence-corrected chi connectivity index (χ1v) is 14.1. The third-order valence-electron chi connectivity index (χ3n) is 7.19. The molecule has 0 N–H and O–H groups in total. The summed E-state index contributed by atoms with van der Waals surface area (Å²) in [6, 6.07) is 0. The molecule has 1 rings (SSSR count). The first kappa shape index (κ1) is 26.9. The van der Waals surface area contributed by atoms with Gasteiger partial charge in [0.1, 0.15) is 0 Å². The van der Waals surface area contributed by atoms with Crippen LogP contribution in [0.15, 0.2) is 11.6 Å². The van der Waals surface area contributed by atoms with Gasteiger partial charge in [0.15, 0.2) is 6.29 Å². The van der Waals surface area contributed by atoms with Gasteiger partial charge >= 0.3 is 0 Å². The molecule has 1 aliphatic carbocycles. The van der Waals surface area contributed by atoms with Crippen molar-refractivity contribution in [1.29, 1.82) is 0 Å². The average Bonchev–Trinajstić information content (AvgIpc) is 2.62. The Bertz CT molecular complexity index is 471. The number of hydrogen-bond acceptors (Lipinski definition) is 3. The third kappa shape index (κ3) is 6.92. The van der Waals surface area contributed by atoms with E-state index in [1.165, 1.54) is 25.7 Å². The number of hydrogen-bond donors (Lipinski definition) is 0. The summed E-state index contributed by atoms with van der Waals surface area (Å²) >= 11 is 0. The SMILES string of the molecule is COC(CCCC/C=C1/CCCC(C)(C)C1O[Si](C(C)C)(C(C)C)C(C)C)OC. The summed E-state index contributed by atoms with van der Waals surface area (Å²) in [7, 11) is 1.54. The maximum Gasteiger partial charge on any atom is 0.201 e. The van der Waals surface area contributed by atoms with Gasteiger partial charge in [-0.1, -0.05) is 61.5 Å². The van der Waals surface area contributed by atoms with E-state index >= 15 is 0 Å². The average molecular weight is 427 g/mol. The molecule has 0 spiro atoms. The first-order valence-electron chi connectivity index (χ1n) is 11.9. The van der Waals surface area contributed by atoms with Crippen molar-refractivity contribution in [2.24, 2.45) is 5.41 Å². The van der Waals surface area contributed by atoms with Crippen LogP contribution in [-0.2, 0) is 13.9 Å². The number of allylic oxidation sites excluding steroid dienone is 1. The lowest BCUT2D eigenvalue weighted by molar-refractivity contribution is -0.107. The van der Waals surface area contributed by atoms with Crippen LogP contribution in [0.4, 0.5) is 0 Å². The Labute approximate surface area is 183 Å². The first-order chi connectivity index (χ1) is 13.5. The van der Waals surface area contributed by atoms with E-state index in [0.29, 0.717) is 16.6 Å². The van der Waals surface area contributed by atoms with E-state index in [0.717, 1.165) is 19.3 Å². The summed E-state index contributed by atoms with van der Waals surface area (Å²) < 4.78 is 18.0. The minimum atomic E-state index is -1.90. The van der Waals surface area contributed by atoms with Crippen molar-refractivity contribution in [1.82, 2.24) is 0 Å². The number of ether oxygens (including phenoxy) is 2. The molecule has 0 aromatic carbocycles. The Morgan fingerprint density at radius 1 is 0.966 bits per heavy atom. The van der Waals surface area contributed by atoms with Crippen molar-refractivity contribution in [2.45, 2.75) is 129 Å². The smallest absolute Gasteiger partial charge is 0.201 e. The van der Waals surface area contributed by atoms with E-state index in [9.17, 15) is 0 Å². The van der Waals surface area contributed by atoms with Crippen LogP contribution in [-0.4, -0.2) is 34.9 Å². The number of methoxy groups -OCH3 is 2. The van der Waals surface area contributed by atoms with Crippen LogP contribution in [0, 0.1) is 5.41 Å². The number of rotatable bonds is 12. The molecule has 0 radical (unpaired) electrons. The molecule has 29 heavy (non-hydrogen) atoms. The van der Waals surface area contributed by atoms with E-state index in [4.69, 9.17) is 13.9 Å². The lowest BCUT2D eigenvalue weighted by Crippen LogP contribution is -2.54. The molecule has 3 nitrogen and oxygen atoms in total. The van der Waals surface area contributed by atoms with Crippen LogP contribution in [0.3, 0.4) is 0 Å². The van der Waals surface area contributed by atoms with E-state index < -0.39 is 8.32 Å². The molecule has 4 heteroatoms. The zero-order valence-electron chi connectivity index (χ0n) is 21.1. The van der Waals surface area contributed by atoms with Crippen LogP contribution in [0.25, 0.3) is 0 Å². The molecule has 0 aliphatic heterocycles. The predicted molar refractivity (Wildman–Crippen MR) is 128 cm³/mol. The van der Waals surface area contributed by atoms with Gasteiger partial charge in [0.2, 0.25) is 8.32 Å². The summed E-state index contributed by atoms with van der Waals surface area (Å²) in [5.41, 5.74) is 3.66. The van der Waals surface area contributed by atoms with Crippen molar-refractivity contribution in [2.75, 3.05) is 14.2 Å². The highest BCUT2D eigenvalue weighted by Crippen LogP contribution is 2.49. The van der Waals surface area contributed by atoms with Gasteiger partial charge in [0.25, 0.3) is 0 Å². The van der Waals surface area contributed by atoms with E-state index in [-0.39, 0.29) is 17.8 Å². The van der Waals surface area contributed by atoms with Crippen LogP contribution >= 0.6 is 0 Å². The summed E-state index contributed by atoms with van der Waals surface area (Å²) in [5, 5.41) is 0. The van der Waals surface area contributed by atoms with Crippen molar-refractivity contribution >= 4 is 8.32 Å². The lowest BCUT2D eigenvalue weighted by Gasteiger charge is -2.50. The zero-order chi connectivity index (χ0) is 22.2.